The highest BCUT2D eigenvalue weighted by atomic mass is 32.2. The van der Waals surface area contributed by atoms with Gasteiger partial charge >= 0.3 is 0 Å². The average Bonchev–Trinajstić information content (AvgIpc) is 3.53. The molecule has 7 nitrogen and oxygen atoms in total. The molecule has 8 aliphatic rings. The molecule has 0 radical (unpaired) electrons. The van der Waals surface area contributed by atoms with Crippen molar-refractivity contribution in [2.24, 2.45) is 45.3 Å². The van der Waals surface area contributed by atoms with Crippen LogP contribution in [-0.4, -0.2) is 94.4 Å². The van der Waals surface area contributed by atoms with E-state index in [1.165, 1.54) is 44.9 Å². The number of hydrogen-bond donors (Lipinski definition) is 1. The van der Waals surface area contributed by atoms with Gasteiger partial charge in [-0.1, -0.05) is 27.7 Å². The van der Waals surface area contributed by atoms with E-state index in [-0.39, 0.29) is 35.3 Å². The Kier molecular flexibility index (Phi) is 7.82. The molecule has 13 unspecified atom stereocenters. The molecular weight excluding hydrogens is 586 g/mol. The lowest BCUT2D eigenvalue weighted by molar-refractivity contribution is -0.253. The Morgan fingerprint density at radius 1 is 1.00 bits per heavy atom. The highest BCUT2D eigenvalue weighted by molar-refractivity contribution is 7.85. The van der Waals surface area contributed by atoms with E-state index in [1.54, 1.807) is 0 Å². The number of nitrogens with zero attached hydrogens (tertiary/aromatic N) is 1. The van der Waals surface area contributed by atoms with E-state index < -0.39 is 16.4 Å². The smallest absolute Gasteiger partial charge is 0.170 e. The molecule has 0 aromatic carbocycles. The third kappa shape index (κ3) is 4.71. The second kappa shape index (κ2) is 11.0. The van der Waals surface area contributed by atoms with Gasteiger partial charge in [0.15, 0.2) is 6.29 Å². The lowest BCUT2D eigenvalue weighted by Crippen LogP contribution is -2.58. The number of hydrogen-bond acceptors (Lipinski definition) is 7. The molecule has 13 atom stereocenters. The molecule has 5 saturated carbocycles. The second-order valence-electron chi connectivity index (χ2n) is 18.2. The minimum atomic E-state index is -1.09. The van der Waals surface area contributed by atoms with Gasteiger partial charge < -0.3 is 24.1 Å². The second-order valence-corrected chi connectivity index (χ2v) is 20.0. The van der Waals surface area contributed by atoms with Crippen LogP contribution in [0.4, 0.5) is 0 Å². The van der Waals surface area contributed by atoms with Crippen LogP contribution in [0.15, 0.2) is 0 Å². The van der Waals surface area contributed by atoms with E-state index in [4.69, 9.17) is 18.9 Å². The quantitative estimate of drug-likeness (QED) is 0.389. The van der Waals surface area contributed by atoms with Crippen molar-refractivity contribution in [3.8, 4) is 0 Å². The van der Waals surface area contributed by atoms with E-state index in [2.05, 4.69) is 25.7 Å². The molecule has 0 aromatic heterocycles. The highest BCUT2D eigenvalue weighted by Crippen LogP contribution is 2.87. The third-order valence-electron chi connectivity index (χ3n) is 15.7. The summed E-state index contributed by atoms with van der Waals surface area (Å²) in [5.74, 6) is 3.43. The van der Waals surface area contributed by atoms with E-state index in [0.717, 1.165) is 69.9 Å². The van der Waals surface area contributed by atoms with Crippen molar-refractivity contribution < 1.29 is 28.3 Å². The number of morpholine rings is 1. The Balaban J connectivity index is 0.971. The van der Waals surface area contributed by atoms with Gasteiger partial charge in [0.2, 0.25) is 0 Å². The van der Waals surface area contributed by atoms with Crippen LogP contribution in [0.3, 0.4) is 0 Å². The van der Waals surface area contributed by atoms with Gasteiger partial charge in [0.25, 0.3) is 0 Å². The lowest BCUT2D eigenvalue weighted by atomic mass is 9.46. The van der Waals surface area contributed by atoms with E-state index in [1.807, 2.05) is 20.8 Å². The summed E-state index contributed by atoms with van der Waals surface area (Å²) in [7, 11) is -1.09. The summed E-state index contributed by atoms with van der Waals surface area (Å²) in [4.78, 5) is 2.52. The first-order valence-corrected chi connectivity index (χ1v) is 20.1. The molecule has 2 spiro atoms. The molecule has 3 aliphatic heterocycles. The van der Waals surface area contributed by atoms with Crippen LogP contribution in [-0.2, 0) is 29.7 Å². The van der Waals surface area contributed by atoms with Gasteiger partial charge in [-0.2, -0.15) is 0 Å². The first kappa shape index (κ1) is 32.1. The van der Waals surface area contributed by atoms with Crippen LogP contribution < -0.4 is 0 Å². The predicted octanol–water partition coefficient (Wildman–Crippen LogP) is 5.54. The molecule has 0 amide bonds. The highest BCUT2D eigenvalue weighted by Gasteiger charge is 2.80. The monoisotopic (exact) mass is 647 g/mol. The number of fused-ring (bicyclic) bond motifs is 4. The summed E-state index contributed by atoms with van der Waals surface area (Å²) >= 11 is 0. The fraction of sp³-hybridized carbons (Fsp3) is 1.00. The van der Waals surface area contributed by atoms with Gasteiger partial charge in [0.1, 0.15) is 0 Å². The van der Waals surface area contributed by atoms with Crippen molar-refractivity contribution in [1.29, 1.82) is 0 Å². The van der Waals surface area contributed by atoms with Crippen LogP contribution >= 0.6 is 0 Å². The number of aliphatic hydroxyl groups is 1. The topological polar surface area (TPSA) is 77.5 Å². The Morgan fingerprint density at radius 3 is 2.49 bits per heavy atom. The van der Waals surface area contributed by atoms with Crippen molar-refractivity contribution in [2.75, 3.05) is 38.7 Å². The van der Waals surface area contributed by atoms with E-state index in [0.29, 0.717) is 34.0 Å². The predicted molar refractivity (Wildman–Crippen MR) is 175 cm³/mol. The maximum Gasteiger partial charge on any atom is 0.170 e. The molecule has 8 heteroatoms. The molecule has 8 fully saturated rings. The standard InChI is InChI=1S/C37H61NO6S/c1-7-45(40)32(34(4,5)39)27-10-8-25-28(43-27)18-26-24-9-11-29-33(2,3)30(44-31-19-38(16-17-42-31)23-20-41-21-23)12-13-37(29)22-36(24,37)15-14-35(25,26)6/h23-32,39H,7-22H2,1-6H3. The van der Waals surface area contributed by atoms with Crippen LogP contribution in [0.1, 0.15) is 106 Å². The first-order valence-electron chi connectivity index (χ1n) is 18.7. The largest absolute Gasteiger partial charge is 0.389 e. The van der Waals surface area contributed by atoms with Crippen molar-refractivity contribution in [3.05, 3.63) is 0 Å². The van der Waals surface area contributed by atoms with E-state index in [9.17, 15) is 9.32 Å². The van der Waals surface area contributed by atoms with Gasteiger partial charge in [-0.25, -0.2) is 0 Å². The molecule has 256 valence electrons. The molecule has 0 aromatic rings. The summed E-state index contributed by atoms with van der Waals surface area (Å²) in [6, 6.07) is 0.542. The molecule has 45 heavy (non-hydrogen) atoms. The van der Waals surface area contributed by atoms with Crippen LogP contribution in [0.25, 0.3) is 0 Å². The normalized spacial score (nSPS) is 50.6. The summed E-state index contributed by atoms with van der Waals surface area (Å²) in [6.07, 6.45) is 12.9. The molecule has 8 rings (SSSR count). The number of ether oxygens (including phenoxy) is 4. The van der Waals surface area contributed by atoms with Crippen LogP contribution in [0.2, 0.25) is 0 Å². The summed E-state index contributed by atoms with van der Waals surface area (Å²) in [6.45, 7) is 17.6. The Hall–Kier alpha value is -0.0900. The average molecular weight is 648 g/mol. The van der Waals surface area contributed by atoms with Crippen molar-refractivity contribution in [2.45, 2.75) is 147 Å². The Bertz CT molecular complexity index is 1170. The van der Waals surface area contributed by atoms with Crippen LogP contribution in [0.5, 0.6) is 0 Å². The summed E-state index contributed by atoms with van der Waals surface area (Å²) in [5, 5.41) is 10.7. The molecule has 5 aliphatic carbocycles. The zero-order chi connectivity index (χ0) is 31.6. The maximum absolute atomic E-state index is 13.1. The maximum atomic E-state index is 13.1. The van der Waals surface area contributed by atoms with Crippen molar-refractivity contribution >= 4 is 10.8 Å². The van der Waals surface area contributed by atoms with Crippen molar-refractivity contribution in [1.82, 2.24) is 4.90 Å². The fourth-order valence-corrected chi connectivity index (χ4v) is 15.1. The van der Waals surface area contributed by atoms with Crippen LogP contribution in [0, 0.1) is 45.3 Å². The van der Waals surface area contributed by atoms with E-state index >= 15 is 0 Å². The van der Waals surface area contributed by atoms with Gasteiger partial charge in [-0.05, 0) is 123 Å². The molecule has 3 saturated heterocycles. The minimum Gasteiger partial charge on any atom is -0.389 e. The SMILES string of the molecule is CCS(=O)C(C1CCC2C(CC3C4CCC5C(C)(C)C(OC6CN(C7COC7)CCO6)CCC56CC46CCC23C)O1)C(C)(C)O. The summed E-state index contributed by atoms with van der Waals surface area (Å²) in [5.41, 5.74) is 0.503. The third-order valence-corrected chi connectivity index (χ3v) is 17.7. The Morgan fingerprint density at radius 2 is 1.78 bits per heavy atom. The fourth-order valence-electron chi connectivity index (χ4n) is 13.5. The summed E-state index contributed by atoms with van der Waals surface area (Å²) < 4.78 is 38.7. The molecule has 0 bridgehead atoms. The zero-order valence-corrected chi connectivity index (χ0v) is 29.7. The molecule has 1 N–H and O–H groups in total. The van der Waals surface area contributed by atoms with Crippen molar-refractivity contribution in [3.63, 3.8) is 0 Å². The molecule has 3 heterocycles. The molecular formula is C37H61NO6S. The minimum absolute atomic E-state index is 0.105. The number of rotatable bonds is 7. The zero-order valence-electron chi connectivity index (χ0n) is 28.9. The van der Waals surface area contributed by atoms with Gasteiger partial charge in [-0.15, -0.1) is 0 Å². The first-order chi connectivity index (χ1) is 21.3. The van der Waals surface area contributed by atoms with Gasteiger partial charge in [0.05, 0.1) is 61.6 Å². The van der Waals surface area contributed by atoms with Gasteiger partial charge in [0, 0.05) is 23.1 Å². The Labute approximate surface area is 274 Å². The lowest BCUT2D eigenvalue weighted by Gasteiger charge is -2.60. The van der Waals surface area contributed by atoms with Gasteiger partial charge in [-0.3, -0.25) is 9.11 Å².